The van der Waals surface area contributed by atoms with Crippen LogP contribution in [0.3, 0.4) is 0 Å². The van der Waals surface area contributed by atoms with Gasteiger partial charge in [-0.2, -0.15) is 0 Å². The molecule has 0 unspecified atom stereocenters. The number of aromatic nitrogens is 3. The molecule has 1 aliphatic carbocycles. The molecule has 4 N–H and O–H groups in total. The third-order valence-corrected chi connectivity index (χ3v) is 4.52. The average Bonchev–Trinajstić information content (AvgIpc) is 2.68. The zero-order chi connectivity index (χ0) is 19.8. The third-order valence-electron chi connectivity index (χ3n) is 4.52. The van der Waals surface area contributed by atoms with Crippen molar-refractivity contribution in [2.24, 2.45) is 4.90 Å². The number of nitrogen functional groups attached to an aromatic ring is 1. The number of nitrogens with one attached hydrogen (secondary N) is 2. The molecule has 0 fully saturated rings. The molecule has 2 radical (unpaired) electrons. The van der Waals surface area contributed by atoms with Crippen molar-refractivity contribution < 1.29 is 28.1 Å². The molecule has 10 heteroatoms. The van der Waals surface area contributed by atoms with E-state index in [0.717, 1.165) is 0 Å². The molecule has 2 aromatic carbocycles. The molecule has 29 heavy (non-hydrogen) atoms. The fraction of sp³-hybridized carbons (Fsp3) is 0.105. The van der Waals surface area contributed by atoms with E-state index in [0.29, 0.717) is 39.5 Å². The molecule has 8 nitrogen and oxygen atoms in total. The summed E-state index contributed by atoms with van der Waals surface area (Å²) < 4.78 is 0. The Hall–Kier alpha value is -3.16. The van der Waals surface area contributed by atoms with E-state index in [4.69, 9.17) is 5.73 Å². The van der Waals surface area contributed by atoms with E-state index >= 15 is 0 Å². The van der Waals surface area contributed by atoms with Crippen LogP contribution in [0.15, 0.2) is 35.2 Å². The van der Waals surface area contributed by atoms with Gasteiger partial charge in [0.05, 0.1) is 16.7 Å². The third kappa shape index (κ3) is 3.62. The molecule has 0 spiro atoms. The Morgan fingerprint density at radius 3 is 2.41 bits per heavy atom. The average molecular weight is 421 g/mol. The molecule has 0 amide bonds. The van der Waals surface area contributed by atoms with Crippen molar-refractivity contribution in [1.29, 1.82) is 0 Å². The normalized spacial score (nSPS) is 12.7. The van der Waals surface area contributed by atoms with Crippen molar-refractivity contribution in [2.45, 2.75) is 13.8 Å². The minimum absolute atomic E-state index is 0. The zero-order valence-corrected chi connectivity index (χ0v) is 17.0. The minimum Gasteiger partial charge on any atom is -0.420 e. The van der Waals surface area contributed by atoms with Gasteiger partial charge in [-0.15, -0.1) is 0 Å². The number of ketones is 2. The van der Waals surface area contributed by atoms with Crippen LogP contribution in [0.4, 0.5) is 11.4 Å². The predicted molar refractivity (Wildman–Crippen MR) is 104 cm³/mol. The summed E-state index contributed by atoms with van der Waals surface area (Å²) in [6.45, 7) is 3.54. The Labute approximate surface area is 179 Å². The largest absolute Gasteiger partial charge is 0.420 e. The number of rotatable bonds is 3. The van der Waals surface area contributed by atoms with E-state index in [-0.39, 0.29) is 41.2 Å². The SMILES string of the molecule is Cc1n[c-]nc(=N[B]Nc2cc(C)c(N)c3c2C(=O)c2ccccc2C3=O)[nH]1.[V]. The standard InChI is InChI=1S/C19H15BN6O2.V/c1-9-7-13(25-20-26-19-23-8-22-10(2)24-19)14-15(16(9)21)18(28)12-6-4-3-5-11(12)17(14)27;/h3-7,25H,21H2,1-2H3,(H,22,23,24,26);/q-1;. The first kappa shape index (κ1) is 20.6. The summed E-state index contributed by atoms with van der Waals surface area (Å²) in [7, 11) is 1.38. The molecule has 4 rings (SSSR count). The van der Waals surface area contributed by atoms with Crippen LogP contribution in [0.2, 0.25) is 0 Å². The van der Waals surface area contributed by atoms with Crippen LogP contribution in [-0.4, -0.2) is 34.1 Å². The Morgan fingerprint density at radius 2 is 1.76 bits per heavy atom. The number of hydrogen-bond acceptors (Lipinski definition) is 7. The van der Waals surface area contributed by atoms with Crippen molar-refractivity contribution >= 4 is 30.5 Å². The van der Waals surface area contributed by atoms with E-state index in [1.807, 2.05) is 0 Å². The second-order valence-corrected chi connectivity index (χ2v) is 6.37. The van der Waals surface area contributed by atoms with Crippen molar-refractivity contribution in [3.8, 4) is 0 Å². The number of hydrogen-bond donors (Lipinski definition) is 3. The van der Waals surface area contributed by atoms with Gasteiger partial charge in [-0.3, -0.25) is 9.59 Å². The van der Waals surface area contributed by atoms with Crippen LogP contribution in [0.25, 0.3) is 0 Å². The molecule has 0 atom stereocenters. The molecule has 0 bridgehead atoms. The number of H-pyrrole nitrogens is 1. The monoisotopic (exact) mass is 421 g/mol. The van der Waals surface area contributed by atoms with Gasteiger partial charge in [-0.1, -0.05) is 31.2 Å². The number of aromatic amines is 1. The maximum atomic E-state index is 13.1. The Kier molecular flexibility index (Phi) is 5.72. The number of aryl methyl sites for hydroxylation is 2. The molecule has 0 aliphatic heterocycles. The smallest absolute Gasteiger partial charge is 0.397 e. The predicted octanol–water partition coefficient (Wildman–Crippen LogP) is 1.12. The van der Waals surface area contributed by atoms with Crippen molar-refractivity contribution in [1.82, 2.24) is 15.0 Å². The first-order valence-corrected chi connectivity index (χ1v) is 8.52. The van der Waals surface area contributed by atoms with Crippen LogP contribution in [0, 0.1) is 20.2 Å². The summed E-state index contributed by atoms with van der Waals surface area (Å²) >= 11 is 0. The van der Waals surface area contributed by atoms with E-state index in [1.165, 1.54) is 7.55 Å². The van der Waals surface area contributed by atoms with E-state index in [1.54, 1.807) is 44.2 Å². The van der Waals surface area contributed by atoms with Crippen LogP contribution in [0.1, 0.15) is 43.2 Å². The number of fused-ring (bicyclic) bond motifs is 2. The number of benzene rings is 2. The van der Waals surface area contributed by atoms with Gasteiger partial charge < -0.3 is 30.8 Å². The van der Waals surface area contributed by atoms with Crippen LogP contribution in [-0.2, 0) is 18.6 Å². The van der Waals surface area contributed by atoms with Crippen LogP contribution < -0.4 is 16.6 Å². The van der Waals surface area contributed by atoms with Crippen LogP contribution >= 0.6 is 0 Å². The fourth-order valence-corrected chi connectivity index (χ4v) is 3.16. The first-order chi connectivity index (χ1) is 13.5. The maximum Gasteiger partial charge on any atom is 0.397 e. The quantitative estimate of drug-likeness (QED) is 0.259. The Morgan fingerprint density at radius 1 is 1.10 bits per heavy atom. The van der Waals surface area contributed by atoms with Gasteiger partial charge in [0.25, 0.3) is 0 Å². The van der Waals surface area contributed by atoms with E-state index in [2.05, 4.69) is 31.4 Å². The minimum atomic E-state index is -0.263. The number of anilines is 2. The summed E-state index contributed by atoms with van der Waals surface area (Å²) in [5, 5.41) is 2.98. The summed E-state index contributed by atoms with van der Waals surface area (Å²) in [5.74, 6) is 0.0894. The first-order valence-electron chi connectivity index (χ1n) is 8.52. The molecule has 142 valence electrons. The van der Waals surface area contributed by atoms with Gasteiger partial charge in [-0.05, 0) is 24.4 Å². The van der Waals surface area contributed by atoms with Crippen molar-refractivity contribution in [2.75, 3.05) is 11.0 Å². The summed E-state index contributed by atoms with van der Waals surface area (Å²) in [5.41, 5.74) is 9.08. The molecule has 1 heterocycles. The molecule has 3 aromatic rings. The molecule has 0 saturated carbocycles. The molecule has 0 saturated heterocycles. The summed E-state index contributed by atoms with van der Waals surface area (Å²) in [6.07, 6.45) is 2.48. The van der Waals surface area contributed by atoms with Gasteiger partial charge >= 0.3 is 7.55 Å². The number of carbonyl (C=O) groups excluding carboxylic acids is 2. The number of nitrogens with zero attached hydrogens (tertiary/aromatic N) is 3. The second-order valence-electron chi connectivity index (χ2n) is 6.37. The maximum absolute atomic E-state index is 13.1. The van der Waals surface area contributed by atoms with Crippen molar-refractivity contribution in [3.63, 3.8) is 0 Å². The van der Waals surface area contributed by atoms with Gasteiger partial charge in [0.1, 0.15) is 0 Å². The molecular weight excluding hydrogens is 406 g/mol. The van der Waals surface area contributed by atoms with E-state index < -0.39 is 0 Å². The summed E-state index contributed by atoms with van der Waals surface area (Å²) in [4.78, 5) is 40.8. The van der Waals surface area contributed by atoms with Crippen LogP contribution in [0.5, 0.6) is 0 Å². The van der Waals surface area contributed by atoms with Crippen molar-refractivity contribution in [3.05, 3.63) is 75.9 Å². The second kappa shape index (κ2) is 8.06. The topological polar surface area (TPSA) is 126 Å². The number of carbonyl (C=O) groups is 2. The molecule has 1 aliphatic rings. The zero-order valence-electron chi connectivity index (χ0n) is 15.6. The fourth-order valence-electron chi connectivity index (χ4n) is 3.16. The van der Waals surface area contributed by atoms with Gasteiger partial charge in [0.15, 0.2) is 11.6 Å². The van der Waals surface area contributed by atoms with Gasteiger partial charge in [0, 0.05) is 47.4 Å². The molecular formula is C19H15BN6O2V-. The van der Waals surface area contributed by atoms with E-state index in [9.17, 15) is 9.59 Å². The van der Waals surface area contributed by atoms with Gasteiger partial charge in [-0.25, -0.2) is 0 Å². The summed E-state index contributed by atoms with van der Waals surface area (Å²) in [6, 6.07) is 8.45. The molecule has 1 aromatic heterocycles. The number of nitrogens with two attached hydrogens (primary N) is 1. The van der Waals surface area contributed by atoms with Gasteiger partial charge in [0.2, 0.25) is 0 Å². The Bertz CT molecular complexity index is 1210. The Balaban J connectivity index is 0.00000240.